The highest BCUT2D eigenvalue weighted by atomic mass is 28.4. The minimum atomic E-state index is -1.92. The number of nitrogens with zero attached hydrogens (tertiary/aromatic N) is 4. The lowest BCUT2D eigenvalue weighted by Crippen LogP contribution is -2.41. The van der Waals surface area contributed by atoms with E-state index < -0.39 is 8.32 Å². The van der Waals surface area contributed by atoms with Crippen molar-refractivity contribution in [2.75, 3.05) is 13.1 Å². The molecule has 1 aliphatic heterocycles. The summed E-state index contributed by atoms with van der Waals surface area (Å²) in [6.45, 7) is 15.3. The second-order valence-electron chi connectivity index (χ2n) is 12.1. The lowest BCUT2D eigenvalue weighted by atomic mass is 10.1. The third kappa shape index (κ3) is 5.29. The molecule has 1 saturated heterocycles. The molecule has 2 aliphatic rings. The molecule has 200 valence electrons. The largest absolute Gasteiger partial charge is 0.407 e. The second kappa shape index (κ2) is 9.75. The van der Waals surface area contributed by atoms with Gasteiger partial charge in [0.1, 0.15) is 17.6 Å². The number of likely N-dealkylation sites (tertiary alicyclic amines) is 1. The first-order chi connectivity index (χ1) is 17.9. The second-order valence-corrected chi connectivity index (χ2v) is 16.8. The van der Waals surface area contributed by atoms with Crippen molar-refractivity contribution in [1.29, 1.82) is 0 Å². The maximum absolute atomic E-state index is 11.3. The van der Waals surface area contributed by atoms with Crippen LogP contribution in [-0.4, -0.2) is 47.0 Å². The van der Waals surface area contributed by atoms with Crippen LogP contribution < -0.4 is 5.73 Å². The van der Waals surface area contributed by atoms with Gasteiger partial charge in [0, 0.05) is 48.6 Å². The fourth-order valence-corrected chi connectivity index (χ4v) is 6.33. The van der Waals surface area contributed by atoms with Gasteiger partial charge in [-0.3, -0.25) is 0 Å². The molecule has 3 atom stereocenters. The van der Waals surface area contributed by atoms with E-state index in [0.717, 1.165) is 41.5 Å². The molecular formula is C29H37N5O3Si. The molecule has 0 radical (unpaired) electrons. The molecule has 8 nitrogen and oxygen atoms in total. The number of urea groups is 1. The predicted octanol–water partition coefficient (Wildman–Crippen LogP) is 5.28. The van der Waals surface area contributed by atoms with E-state index in [-0.39, 0.29) is 17.2 Å². The van der Waals surface area contributed by atoms with Crippen LogP contribution in [0.25, 0.3) is 11.3 Å². The van der Waals surface area contributed by atoms with Crippen molar-refractivity contribution in [1.82, 2.24) is 19.6 Å². The Kier molecular flexibility index (Phi) is 6.74. The zero-order chi connectivity index (χ0) is 27.2. The van der Waals surface area contributed by atoms with Gasteiger partial charge in [0.2, 0.25) is 0 Å². The zero-order valence-electron chi connectivity index (χ0n) is 23.1. The summed E-state index contributed by atoms with van der Waals surface area (Å²) in [5, 5.41) is 4.43. The first-order valence-corrected chi connectivity index (χ1v) is 16.1. The van der Waals surface area contributed by atoms with E-state index >= 15 is 0 Å². The molecule has 2 fully saturated rings. The Balaban J connectivity index is 1.20. The van der Waals surface area contributed by atoms with E-state index in [9.17, 15) is 4.79 Å². The van der Waals surface area contributed by atoms with Crippen LogP contribution in [0, 0.1) is 29.6 Å². The summed E-state index contributed by atoms with van der Waals surface area (Å²) in [6.07, 6.45) is 3.66. The van der Waals surface area contributed by atoms with Gasteiger partial charge in [-0.2, -0.15) is 0 Å². The number of hydrogen-bond donors (Lipinski definition) is 1. The van der Waals surface area contributed by atoms with E-state index in [2.05, 4.69) is 67.3 Å². The average Bonchev–Trinajstić information content (AvgIpc) is 3.33. The van der Waals surface area contributed by atoms with Crippen molar-refractivity contribution in [3.8, 4) is 23.2 Å². The van der Waals surface area contributed by atoms with Crippen LogP contribution in [0.1, 0.15) is 50.9 Å². The quantitative estimate of drug-likeness (QED) is 0.345. The van der Waals surface area contributed by atoms with Gasteiger partial charge >= 0.3 is 6.03 Å². The van der Waals surface area contributed by atoms with Gasteiger partial charge in [0.05, 0.1) is 6.54 Å². The fraction of sp³-hybridized carbons (Fsp3) is 0.483. The van der Waals surface area contributed by atoms with E-state index in [0.29, 0.717) is 24.3 Å². The number of rotatable bonds is 6. The first kappa shape index (κ1) is 26.3. The Morgan fingerprint density at radius 2 is 1.92 bits per heavy atom. The SMILES string of the molecule is C[C@H](O[Si](C)(C)C(C)(C)C)c1nccn1Cc1cc(-c2ccc(C#CC3C4CN(C(N)=O)CC34)cc2)on1. The number of carbonyl (C=O) groups excluding carboxylic acids is 1. The number of fused-ring (bicyclic) bond motifs is 1. The lowest BCUT2D eigenvalue weighted by molar-refractivity contribution is 0.189. The normalized spacial score (nSPS) is 21.5. The zero-order valence-corrected chi connectivity index (χ0v) is 24.1. The average molecular weight is 532 g/mol. The third-order valence-electron chi connectivity index (χ3n) is 8.34. The number of carbonyl (C=O) groups is 1. The van der Waals surface area contributed by atoms with Crippen molar-refractivity contribution in [3.63, 3.8) is 0 Å². The van der Waals surface area contributed by atoms with Gasteiger partial charge in [-0.05, 0) is 61.2 Å². The van der Waals surface area contributed by atoms with E-state index in [1.807, 2.05) is 42.7 Å². The van der Waals surface area contributed by atoms with Crippen molar-refractivity contribution < 1.29 is 13.7 Å². The molecule has 2 N–H and O–H groups in total. The number of amides is 2. The van der Waals surface area contributed by atoms with E-state index in [4.69, 9.17) is 14.7 Å². The summed E-state index contributed by atoms with van der Waals surface area (Å²) in [5.41, 5.74) is 8.11. The molecule has 5 rings (SSSR count). The van der Waals surface area contributed by atoms with Crippen LogP contribution in [0.4, 0.5) is 4.79 Å². The molecule has 9 heteroatoms. The van der Waals surface area contributed by atoms with Crippen LogP contribution in [0.5, 0.6) is 0 Å². The highest BCUT2D eigenvalue weighted by molar-refractivity contribution is 6.74. The summed E-state index contributed by atoms with van der Waals surface area (Å²) in [5.74, 6) is 9.58. The van der Waals surface area contributed by atoms with Crippen molar-refractivity contribution in [2.24, 2.45) is 23.5 Å². The Morgan fingerprint density at radius 3 is 2.55 bits per heavy atom. The van der Waals surface area contributed by atoms with E-state index in [1.165, 1.54) is 0 Å². The van der Waals surface area contributed by atoms with Gasteiger partial charge < -0.3 is 24.1 Å². The van der Waals surface area contributed by atoms with Crippen LogP contribution in [0.15, 0.2) is 47.2 Å². The molecule has 2 amide bonds. The Hall–Kier alpha value is -3.35. The monoisotopic (exact) mass is 531 g/mol. The van der Waals surface area contributed by atoms with Crippen molar-refractivity contribution in [3.05, 3.63) is 59.8 Å². The number of imidazole rings is 1. The molecule has 2 unspecified atom stereocenters. The summed E-state index contributed by atoms with van der Waals surface area (Å²) in [6, 6.07) is 9.67. The van der Waals surface area contributed by atoms with E-state index in [1.54, 1.807) is 4.90 Å². The van der Waals surface area contributed by atoms with Gasteiger partial charge in [0.15, 0.2) is 14.1 Å². The van der Waals surface area contributed by atoms with Crippen LogP contribution >= 0.6 is 0 Å². The van der Waals surface area contributed by atoms with Gasteiger partial charge in [0.25, 0.3) is 0 Å². The number of benzene rings is 1. The Bertz CT molecular complexity index is 1360. The van der Waals surface area contributed by atoms with Crippen molar-refractivity contribution >= 4 is 14.3 Å². The molecular weight excluding hydrogens is 494 g/mol. The topological polar surface area (TPSA) is 99.4 Å². The molecule has 1 aromatic carbocycles. The Labute approximate surface area is 225 Å². The maximum atomic E-state index is 11.3. The van der Waals surface area contributed by atoms with Crippen LogP contribution in [-0.2, 0) is 11.0 Å². The molecule has 1 saturated carbocycles. The molecule has 0 spiro atoms. The molecule has 3 aromatic rings. The van der Waals surface area contributed by atoms with Crippen LogP contribution in [0.3, 0.4) is 0 Å². The molecule has 1 aliphatic carbocycles. The first-order valence-electron chi connectivity index (χ1n) is 13.2. The summed E-state index contributed by atoms with van der Waals surface area (Å²) >= 11 is 0. The number of aromatic nitrogens is 3. The highest BCUT2D eigenvalue weighted by Gasteiger charge is 2.55. The summed E-state index contributed by atoms with van der Waals surface area (Å²) in [4.78, 5) is 17.6. The summed E-state index contributed by atoms with van der Waals surface area (Å²) < 4.78 is 14.3. The fourth-order valence-electron chi connectivity index (χ4n) is 4.99. The minimum Gasteiger partial charge on any atom is -0.407 e. The highest BCUT2D eigenvalue weighted by Crippen LogP contribution is 2.51. The number of primary amides is 1. The maximum Gasteiger partial charge on any atom is 0.314 e. The van der Waals surface area contributed by atoms with Crippen LogP contribution in [0.2, 0.25) is 18.1 Å². The minimum absolute atomic E-state index is 0.108. The Morgan fingerprint density at radius 1 is 1.24 bits per heavy atom. The number of nitrogens with two attached hydrogens (primary N) is 1. The molecule has 38 heavy (non-hydrogen) atoms. The van der Waals surface area contributed by atoms with Crippen molar-refractivity contribution in [2.45, 2.75) is 58.5 Å². The standard InChI is InChI=1S/C29H37N5O3Si/c1-19(37-38(5,6)29(2,3)4)27-31-13-14-33(27)16-22-15-26(36-32-22)21-10-7-20(8-11-21)9-12-23-24-17-34(28(30)35)18-25(23)24/h7-8,10-11,13-15,19,23-25H,16-18H2,1-6H3,(H2,30,35)/t19-,23?,24?,25?/m0/s1. The van der Waals surface area contributed by atoms with Gasteiger partial charge in [-0.15, -0.1) is 0 Å². The summed E-state index contributed by atoms with van der Waals surface area (Å²) in [7, 11) is -1.92. The predicted molar refractivity (Wildman–Crippen MR) is 148 cm³/mol. The number of hydrogen-bond acceptors (Lipinski definition) is 5. The van der Waals surface area contributed by atoms with Gasteiger partial charge in [-0.1, -0.05) is 37.8 Å². The number of piperidine rings is 1. The lowest BCUT2D eigenvalue weighted by Gasteiger charge is -2.38. The smallest absolute Gasteiger partial charge is 0.314 e. The molecule has 3 heterocycles. The molecule has 0 bridgehead atoms. The van der Waals surface area contributed by atoms with Gasteiger partial charge in [-0.25, -0.2) is 9.78 Å². The molecule has 2 aromatic heterocycles. The third-order valence-corrected chi connectivity index (χ3v) is 12.9.